The third-order valence-electron chi connectivity index (χ3n) is 30.2. The van der Waals surface area contributed by atoms with Gasteiger partial charge in [-0.3, -0.25) is 0 Å². The van der Waals surface area contributed by atoms with E-state index in [-0.39, 0.29) is 29.1 Å². The molecule has 27 unspecified atom stereocenters. The maximum Gasteiger partial charge on any atom is 0.198 e. The zero-order valence-electron chi connectivity index (χ0n) is 62.2. The van der Waals surface area contributed by atoms with Crippen molar-refractivity contribution in [2.45, 2.75) is 376 Å². The Labute approximate surface area is 560 Å². The Morgan fingerprint density at radius 1 is 0.500 bits per heavy atom. The maximum absolute atomic E-state index is 13.3. The van der Waals surface area contributed by atoms with Crippen molar-refractivity contribution in [1.29, 1.82) is 0 Å². The Morgan fingerprint density at radius 2 is 0.989 bits per heavy atom. The van der Waals surface area contributed by atoms with Crippen LogP contribution in [0.15, 0.2) is 11.6 Å². The number of aliphatic hydroxyl groups is 14. The van der Waals surface area contributed by atoms with E-state index in [2.05, 4.69) is 40.7 Å². The lowest BCUT2D eigenvalue weighted by Crippen LogP contribution is -2.87. The van der Waals surface area contributed by atoms with Gasteiger partial charge in [-0.1, -0.05) is 46.3 Å². The molecular formula is C72H128O22. The lowest BCUT2D eigenvalue weighted by atomic mass is 9.35. The van der Waals surface area contributed by atoms with E-state index in [1.165, 1.54) is 111 Å². The molecule has 8 rings (SSSR count). The van der Waals surface area contributed by atoms with E-state index in [0.29, 0.717) is 38.5 Å². The second-order valence-electron chi connectivity index (χ2n) is 36.6. The van der Waals surface area contributed by atoms with E-state index in [1.807, 2.05) is 20.8 Å². The quantitative estimate of drug-likeness (QED) is 0.0675. The molecule has 8 aliphatic rings. The number of aliphatic hydroxyl groups excluding tert-OH is 4. The summed E-state index contributed by atoms with van der Waals surface area (Å²) >= 11 is 0. The first-order chi connectivity index (χ1) is 41.7. The minimum absolute atomic E-state index is 0.0235. The number of allylic oxidation sites excluding steroid dienone is 2. The van der Waals surface area contributed by atoms with Gasteiger partial charge < -0.3 is 109 Å². The number of hydrogen-bond acceptors (Lipinski definition) is 22. The van der Waals surface area contributed by atoms with Crippen molar-refractivity contribution < 1.29 is 109 Å². The molecule has 94 heavy (non-hydrogen) atoms. The summed E-state index contributed by atoms with van der Waals surface area (Å²) in [4.78, 5) is 0. The standard InChI is InChI=1S/C72H128O22/c1-41(2)29-28-33-55(10,91-61(16)48(76)59(14,77)65(20,81)58(13,93-61)40-87-71(26)69(24,85)67(22,83)63(18,79)51(5,6)90-71)42-30-35-54(9)47(42)43(75)37-45-52(7)34-32-46(50(3,4)44(52)31-36-53(45,54)8)88-62(17)49(60(15,78)64(19,80)56(11,38-73)92-62)89-72(27)70(25,86)68(23,84)66(21,82)57(12,39-74)94-72/h29,42-49,73-86H,28,30-40H2,1-27H3/t42?,43?,44?,45?,46?,47?,48?,49?,52?,53?,54-,55+,56?,57?,58?,59?,60?,61?,62?,63?,64?,65?,66?,67?,68?,69?,70?,71?,72?/m1/s1. The van der Waals surface area contributed by atoms with Gasteiger partial charge in [0.2, 0.25) is 0 Å². The van der Waals surface area contributed by atoms with Crippen molar-refractivity contribution in [1.82, 2.24) is 0 Å². The van der Waals surface area contributed by atoms with Crippen molar-refractivity contribution in [3.63, 3.8) is 0 Å². The van der Waals surface area contributed by atoms with Crippen LogP contribution in [0.4, 0.5) is 0 Å². The first kappa shape index (κ1) is 78.6. The molecule has 22 nitrogen and oxygen atoms in total. The molecule has 8 fully saturated rings. The first-order valence-electron chi connectivity index (χ1n) is 34.6. The van der Waals surface area contributed by atoms with Crippen molar-refractivity contribution in [2.24, 2.45) is 45.3 Å². The Hall–Kier alpha value is -1.14. The Bertz CT molecular complexity index is 2890. The van der Waals surface area contributed by atoms with Gasteiger partial charge in [0, 0.05) is 0 Å². The van der Waals surface area contributed by atoms with Crippen LogP contribution in [0.2, 0.25) is 0 Å². The van der Waals surface area contributed by atoms with Crippen LogP contribution >= 0.6 is 0 Å². The molecule has 0 amide bonds. The highest BCUT2D eigenvalue weighted by Crippen LogP contribution is 2.77. The van der Waals surface area contributed by atoms with Crippen LogP contribution in [0, 0.1) is 45.3 Å². The van der Waals surface area contributed by atoms with E-state index in [1.54, 1.807) is 20.8 Å². The third-order valence-corrected chi connectivity index (χ3v) is 30.2. The average molecular weight is 1350 g/mol. The molecule has 548 valence electrons. The van der Waals surface area contributed by atoms with Gasteiger partial charge in [0.25, 0.3) is 0 Å². The van der Waals surface area contributed by atoms with E-state index in [0.717, 1.165) is 24.8 Å². The van der Waals surface area contributed by atoms with Crippen LogP contribution in [0.5, 0.6) is 0 Å². The van der Waals surface area contributed by atoms with Gasteiger partial charge in [0.15, 0.2) is 23.1 Å². The molecule has 4 saturated heterocycles. The van der Waals surface area contributed by atoms with Gasteiger partial charge in [-0.05, 0) is 255 Å². The third kappa shape index (κ3) is 9.93. The molecule has 0 aromatic heterocycles. The molecule has 0 aromatic carbocycles. The van der Waals surface area contributed by atoms with Crippen LogP contribution in [0.25, 0.3) is 0 Å². The van der Waals surface area contributed by atoms with Gasteiger partial charge in [0.05, 0.1) is 43.2 Å². The lowest BCUT2D eigenvalue weighted by molar-refractivity contribution is -0.507. The number of rotatable bonds is 15. The maximum atomic E-state index is 13.3. The molecule has 0 aromatic rings. The van der Waals surface area contributed by atoms with Crippen LogP contribution in [-0.2, 0) is 37.9 Å². The Morgan fingerprint density at radius 3 is 1.52 bits per heavy atom. The summed E-state index contributed by atoms with van der Waals surface area (Å²) in [5, 5.41) is 171. The topological polar surface area (TPSA) is 357 Å². The summed E-state index contributed by atoms with van der Waals surface area (Å²) in [6.07, 6.45) is 2.30. The molecule has 4 aliphatic heterocycles. The van der Waals surface area contributed by atoms with Gasteiger partial charge >= 0.3 is 0 Å². The van der Waals surface area contributed by atoms with Gasteiger partial charge in [-0.15, -0.1) is 0 Å². The summed E-state index contributed by atoms with van der Waals surface area (Å²) in [5.74, 6) is -9.36. The monoisotopic (exact) mass is 1340 g/mol. The SMILES string of the molecule is CC(C)=CCC[C@](C)(OC1(C)OC(C)(COC2(C)OC(C)(C)C(C)(O)C(C)(O)C2(C)O)C(C)(O)C(C)(O)C1O)C1CC[C@]2(C)C1C(O)CC1C3(C)CCC(OC4(C)OC(C)(CO)C(C)(O)C(C)(O)C4OC4(C)OC(C)(CO)C(C)(O)C(C)(O)C4(C)O)C(C)(C)C3CCC12C. The average Bonchev–Trinajstić information content (AvgIpc) is 1.07. The van der Waals surface area contributed by atoms with Crippen molar-refractivity contribution in [3.8, 4) is 0 Å². The van der Waals surface area contributed by atoms with Crippen LogP contribution in [-0.4, -0.2) is 223 Å². The smallest absolute Gasteiger partial charge is 0.198 e. The van der Waals surface area contributed by atoms with Crippen molar-refractivity contribution >= 4 is 0 Å². The minimum atomic E-state index is -2.50. The normalized spacial score (nSPS) is 58.6. The van der Waals surface area contributed by atoms with Crippen LogP contribution in [0.3, 0.4) is 0 Å². The van der Waals surface area contributed by atoms with Crippen molar-refractivity contribution in [3.05, 3.63) is 11.6 Å². The van der Waals surface area contributed by atoms with Crippen LogP contribution in [0.1, 0.15) is 245 Å². The fourth-order valence-corrected chi connectivity index (χ4v) is 21.1. The van der Waals surface area contributed by atoms with E-state index < -0.39 is 168 Å². The second kappa shape index (κ2) is 22.2. The molecule has 4 aliphatic carbocycles. The highest BCUT2D eigenvalue weighted by molar-refractivity contribution is 5.27. The molecule has 22 heteroatoms. The molecular weight excluding hydrogens is 1220 g/mol. The van der Waals surface area contributed by atoms with Crippen LogP contribution < -0.4 is 0 Å². The Balaban J connectivity index is 1.12. The zero-order chi connectivity index (χ0) is 72.5. The molecule has 14 N–H and O–H groups in total. The predicted molar refractivity (Wildman–Crippen MR) is 348 cm³/mol. The summed E-state index contributed by atoms with van der Waals surface area (Å²) in [5.41, 5.74) is -32.5. The lowest BCUT2D eigenvalue weighted by Gasteiger charge is -2.71. The number of fused-ring (bicyclic) bond motifs is 5. The first-order valence-corrected chi connectivity index (χ1v) is 34.6. The Kier molecular flexibility index (Phi) is 18.6. The molecule has 4 heterocycles. The fraction of sp³-hybridized carbons (Fsp3) is 0.972. The summed E-state index contributed by atoms with van der Waals surface area (Å²) in [6.45, 7) is 41.2. The largest absolute Gasteiger partial charge is 0.393 e. The second-order valence-corrected chi connectivity index (χ2v) is 36.6. The molecule has 29 atom stereocenters. The van der Waals surface area contributed by atoms with Gasteiger partial charge in [0.1, 0.15) is 85.0 Å². The molecule has 4 saturated carbocycles. The predicted octanol–water partition coefficient (Wildman–Crippen LogP) is 5.85. The van der Waals surface area contributed by atoms with Crippen molar-refractivity contribution in [2.75, 3.05) is 19.8 Å². The van der Waals surface area contributed by atoms with E-state index in [9.17, 15) is 71.5 Å². The van der Waals surface area contributed by atoms with Gasteiger partial charge in [-0.25, -0.2) is 0 Å². The summed E-state index contributed by atoms with van der Waals surface area (Å²) in [6, 6.07) is 0. The molecule has 0 bridgehead atoms. The van der Waals surface area contributed by atoms with E-state index >= 15 is 0 Å². The highest BCUT2D eigenvalue weighted by atomic mass is 16.8. The molecule has 0 spiro atoms. The van der Waals surface area contributed by atoms with E-state index in [4.69, 9.17) is 37.9 Å². The number of ether oxygens (including phenoxy) is 8. The summed E-state index contributed by atoms with van der Waals surface area (Å²) < 4.78 is 54.8. The fourth-order valence-electron chi connectivity index (χ4n) is 21.1. The molecule has 0 radical (unpaired) electrons. The highest BCUT2D eigenvalue weighted by Gasteiger charge is 2.81. The summed E-state index contributed by atoms with van der Waals surface area (Å²) in [7, 11) is 0. The number of hydrogen-bond donors (Lipinski definition) is 14. The minimum Gasteiger partial charge on any atom is -0.393 e. The van der Waals surface area contributed by atoms with Gasteiger partial charge in [-0.2, -0.15) is 0 Å². The zero-order valence-corrected chi connectivity index (χ0v) is 62.2.